The SMILES string of the molecule is CC(C)(C)OC(=O)NC[C@H]1CN(c2ccc(-c3ccc(N4C[C@H](CO[Si](C)(C)C(C)(C)C)OC4=O)cc3F)c(F)c2)C(=O)O1. The predicted octanol–water partition coefficient (Wildman–Crippen LogP) is 6.83. The predicted molar refractivity (Wildman–Crippen MR) is 164 cm³/mol. The Balaban J connectivity index is 1.40. The van der Waals surface area contributed by atoms with Crippen LogP contribution < -0.4 is 15.1 Å². The first-order valence-corrected chi connectivity index (χ1v) is 17.4. The molecule has 10 nitrogen and oxygen atoms in total. The molecule has 44 heavy (non-hydrogen) atoms. The number of carbonyl (C=O) groups is 3. The van der Waals surface area contributed by atoms with Crippen LogP contribution in [0.3, 0.4) is 0 Å². The molecule has 0 aliphatic carbocycles. The number of rotatable bonds is 8. The van der Waals surface area contributed by atoms with Gasteiger partial charge < -0.3 is 24.0 Å². The monoisotopic (exact) mass is 633 g/mol. The molecule has 1 N–H and O–H groups in total. The first-order valence-electron chi connectivity index (χ1n) is 14.5. The molecule has 2 aliphatic heterocycles. The largest absolute Gasteiger partial charge is 0.444 e. The van der Waals surface area contributed by atoms with Gasteiger partial charge in [0, 0.05) is 11.1 Å². The van der Waals surface area contributed by atoms with E-state index in [9.17, 15) is 14.4 Å². The van der Waals surface area contributed by atoms with Crippen LogP contribution in [0.5, 0.6) is 0 Å². The number of amides is 3. The number of hydrogen-bond donors (Lipinski definition) is 1. The van der Waals surface area contributed by atoms with E-state index in [-0.39, 0.29) is 53.8 Å². The second kappa shape index (κ2) is 12.4. The first-order chi connectivity index (χ1) is 20.3. The summed E-state index contributed by atoms with van der Waals surface area (Å²) in [7, 11) is -2.04. The van der Waals surface area contributed by atoms with Crippen LogP contribution in [0.15, 0.2) is 36.4 Å². The molecule has 0 aromatic heterocycles. The Morgan fingerprint density at radius 1 is 0.886 bits per heavy atom. The lowest BCUT2D eigenvalue weighted by Gasteiger charge is -2.36. The highest BCUT2D eigenvalue weighted by atomic mass is 28.4. The van der Waals surface area contributed by atoms with Crippen molar-refractivity contribution < 1.29 is 41.8 Å². The third-order valence-electron chi connectivity index (χ3n) is 7.88. The topological polar surface area (TPSA) is 107 Å². The lowest BCUT2D eigenvalue weighted by molar-refractivity contribution is 0.0496. The van der Waals surface area contributed by atoms with E-state index in [0.717, 1.165) is 6.07 Å². The number of nitrogens with one attached hydrogen (secondary N) is 1. The summed E-state index contributed by atoms with van der Waals surface area (Å²) in [6, 6.07) is 8.09. The number of anilines is 2. The smallest absolute Gasteiger partial charge is 0.414 e. The van der Waals surface area contributed by atoms with Gasteiger partial charge in [0.25, 0.3) is 0 Å². The average molecular weight is 634 g/mol. The molecule has 2 atom stereocenters. The zero-order chi connectivity index (χ0) is 32.6. The van der Waals surface area contributed by atoms with Crippen LogP contribution in [0, 0.1) is 11.6 Å². The number of benzene rings is 2. The zero-order valence-electron chi connectivity index (χ0n) is 26.5. The van der Waals surface area contributed by atoms with Gasteiger partial charge in [-0.3, -0.25) is 9.80 Å². The van der Waals surface area contributed by atoms with Crippen molar-refractivity contribution in [2.45, 2.75) is 77.5 Å². The number of carbonyl (C=O) groups excluding carboxylic acids is 3. The van der Waals surface area contributed by atoms with E-state index in [4.69, 9.17) is 18.6 Å². The fraction of sp³-hybridized carbons (Fsp3) is 0.516. The molecule has 2 aromatic rings. The molecule has 4 rings (SSSR count). The maximum Gasteiger partial charge on any atom is 0.414 e. The summed E-state index contributed by atoms with van der Waals surface area (Å²) in [5, 5.41) is 2.55. The van der Waals surface area contributed by atoms with Crippen molar-refractivity contribution in [2.75, 3.05) is 36.0 Å². The minimum absolute atomic E-state index is 0.00262. The van der Waals surface area contributed by atoms with Gasteiger partial charge in [0.05, 0.1) is 37.6 Å². The van der Waals surface area contributed by atoms with Gasteiger partial charge in [-0.15, -0.1) is 0 Å². The Morgan fingerprint density at radius 3 is 1.82 bits per heavy atom. The Kier molecular flexibility index (Phi) is 9.31. The van der Waals surface area contributed by atoms with E-state index >= 15 is 8.78 Å². The lowest BCUT2D eigenvalue weighted by atomic mass is 10.0. The van der Waals surface area contributed by atoms with E-state index in [1.54, 1.807) is 20.8 Å². The van der Waals surface area contributed by atoms with Gasteiger partial charge in [0.15, 0.2) is 8.32 Å². The summed E-state index contributed by atoms with van der Waals surface area (Å²) < 4.78 is 52.7. The fourth-order valence-corrected chi connectivity index (χ4v) is 5.50. The summed E-state index contributed by atoms with van der Waals surface area (Å²) in [6.07, 6.45) is -3.11. The van der Waals surface area contributed by atoms with Crippen LogP contribution in [-0.4, -0.2) is 70.6 Å². The molecule has 2 fully saturated rings. The molecule has 2 aliphatic rings. The Bertz CT molecular complexity index is 1420. The second-order valence-electron chi connectivity index (χ2n) is 13.5. The first kappa shape index (κ1) is 33.2. The number of ether oxygens (including phenoxy) is 3. The number of hydrogen-bond acceptors (Lipinski definition) is 7. The molecule has 0 bridgehead atoms. The van der Waals surface area contributed by atoms with Crippen molar-refractivity contribution in [2.24, 2.45) is 0 Å². The summed E-state index contributed by atoms with van der Waals surface area (Å²) in [5.74, 6) is -1.47. The quantitative estimate of drug-likeness (QED) is 0.251. The van der Waals surface area contributed by atoms with Gasteiger partial charge in [-0.25, -0.2) is 23.2 Å². The highest BCUT2D eigenvalue weighted by molar-refractivity contribution is 6.74. The molecule has 240 valence electrons. The third-order valence-corrected chi connectivity index (χ3v) is 12.4. The van der Waals surface area contributed by atoms with Crippen molar-refractivity contribution in [3.63, 3.8) is 0 Å². The van der Waals surface area contributed by atoms with E-state index in [1.807, 2.05) is 0 Å². The summed E-state index contributed by atoms with van der Waals surface area (Å²) in [6.45, 7) is 16.3. The molecule has 13 heteroatoms. The number of cyclic esters (lactones) is 2. The van der Waals surface area contributed by atoms with Crippen LogP contribution in [0.4, 0.5) is 34.5 Å². The molecule has 0 unspecified atom stereocenters. The molecular formula is C31H41F2N3O7Si. The molecule has 2 aromatic carbocycles. The maximum atomic E-state index is 15.3. The van der Waals surface area contributed by atoms with Gasteiger partial charge in [-0.2, -0.15) is 0 Å². The summed E-state index contributed by atoms with van der Waals surface area (Å²) in [4.78, 5) is 39.5. The Hall–Kier alpha value is -3.71. The van der Waals surface area contributed by atoms with Crippen LogP contribution in [0.1, 0.15) is 41.5 Å². The van der Waals surface area contributed by atoms with E-state index in [1.165, 1.54) is 40.1 Å². The molecule has 2 saturated heterocycles. The molecule has 3 amide bonds. The molecular weight excluding hydrogens is 592 g/mol. The van der Waals surface area contributed by atoms with Gasteiger partial charge in [-0.1, -0.05) is 20.8 Å². The normalized spacial score (nSPS) is 19.2. The van der Waals surface area contributed by atoms with Crippen molar-refractivity contribution in [3.05, 3.63) is 48.0 Å². The number of halogens is 2. The van der Waals surface area contributed by atoms with E-state index in [2.05, 4.69) is 39.2 Å². The average Bonchev–Trinajstić information content (AvgIpc) is 3.46. The van der Waals surface area contributed by atoms with Gasteiger partial charge >= 0.3 is 18.3 Å². The Morgan fingerprint density at radius 2 is 1.36 bits per heavy atom. The second-order valence-corrected chi connectivity index (χ2v) is 18.3. The minimum atomic E-state index is -2.04. The zero-order valence-corrected chi connectivity index (χ0v) is 27.5. The van der Waals surface area contributed by atoms with E-state index < -0.39 is 56.0 Å². The van der Waals surface area contributed by atoms with E-state index in [0.29, 0.717) is 0 Å². The Labute approximate surface area is 257 Å². The van der Waals surface area contributed by atoms with Crippen molar-refractivity contribution in [1.82, 2.24) is 5.32 Å². The van der Waals surface area contributed by atoms with Crippen molar-refractivity contribution in [3.8, 4) is 11.1 Å². The van der Waals surface area contributed by atoms with Crippen LogP contribution >= 0.6 is 0 Å². The van der Waals surface area contributed by atoms with Gasteiger partial charge in [0.1, 0.15) is 29.4 Å². The van der Waals surface area contributed by atoms with Crippen molar-refractivity contribution in [1.29, 1.82) is 0 Å². The molecule has 0 radical (unpaired) electrons. The highest BCUT2D eigenvalue weighted by Crippen LogP contribution is 2.37. The summed E-state index contributed by atoms with van der Waals surface area (Å²) in [5.41, 5.74) is -0.192. The molecule has 0 saturated carbocycles. The van der Waals surface area contributed by atoms with Gasteiger partial charge in [-0.05, 0) is 75.3 Å². The standard InChI is InChI=1S/C31H41F2N3O7Si/c1-30(2,3)43-27(37)34-15-21-16-35(28(38)41-21)19-9-11-23(25(32)13-19)24-12-10-20(14-26(24)33)36-17-22(42-29(36)39)18-40-44(7,8)31(4,5)6/h9-14,21-22H,15-18H2,1-8H3,(H,34,37)/t21-,22+/m0/s1. The third kappa shape index (κ3) is 7.67. The summed E-state index contributed by atoms with van der Waals surface area (Å²) >= 11 is 0. The minimum Gasteiger partial charge on any atom is -0.444 e. The highest BCUT2D eigenvalue weighted by Gasteiger charge is 2.40. The maximum absolute atomic E-state index is 15.3. The van der Waals surface area contributed by atoms with Crippen LogP contribution in [-0.2, 0) is 18.6 Å². The number of alkyl carbamates (subject to hydrolysis) is 1. The molecule has 2 heterocycles. The van der Waals surface area contributed by atoms with Gasteiger partial charge in [0.2, 0.25) is 0 Å². The molecule has 0 spiro atoms. The fourth-order valence-electron chi connectivity index (χ4n) is 4.47. The van der Waals surface area contributed by atoms with Crippen LogP contribution in [0.25, 0.3) is 11.1 Å². The number of nitrogens with zero attached hydrogens (tertiary/aromatic N) is 2. The van der Waals surface area contributed by atoms with Crippen molar-refractivity contribution >= 4 is 38.0 Å². The lowest BCUT2D eigenvalue weighted by Crippen LogP contribution is -2.43. The van der Waals surface area contributed by atoms with Crippen LogP contribution in [0.2, 0.25) is 18.1 Å².